The van der Waals surface area contributed by atoms with Gasteiger partial charge in [-0.1, -0.05) is 41.6 Å². The summed E-state index contributed by atoms with van der Waals surface area (Å²) in [7, 11) is 3.48. The van der Waals surface area contributed by atoms with E-state index in [2.05, 4.69) is 15.5 Å². The van der Waals surface area contributed by atoms with Gasteiger partial charge in [-0.25, -0.2) is 0 Å². The first-order chi connectivity index (χ1) is 13.0. The Balaban J connectivity index is 1.68. The minimum Gasteiger partial charge on any atom is -0.496 e. The number of nitrogens with zero attached hydrogens (tertiary/aromatic N) is 3. The molecule has 1 aromatic heterocycles. The van der Waals surface area contributed by atoms with Crippen molar-refractivity contribution in [3.63, 3.8) is 0 Å². The molecule has 0 atom stereocenters. The van der Waals surface area contributed by atoms with Crippen molar-refractivity contribution in [1.29, 1.82) is 0 Å². The minimum absolute atomic E-state index is 0.160. The fourth-order valence-corrected chi connectivity index (χ4v) is 3.54. The molecule has 1 N–H and O–H groups in total. The van der Waals surface area contributed by atoms with Gasteiger partial charge in [0.15, 0.2) is 11.0 Å². The molecule has 3 aromatic rings. The van der Waals surface area contributed by atoms with Crippen molar-refractivity contribution in [1.82, 2.24) is 14.8 Å². The molecular weight excluding hydrogens is 384 g/mol. The lowest BCUT2D eigenvalue weighted by Gasteiger charge is -2.09. The molecule has 2 aromatic carbocycles. The highest BCUT2D eigenvalue weighted by atomic mass is 35.5. The lowest BCUT2D eigenvalue weighted by atomic mass is 10.2. The second-order valence-electron chi connectivity index (χ2n) is 5.89. The van der Waals surface area contributed by atoms with E-state index in [1.807, 2.05) is 54.9 Å². The van der Waals surface area contributed by atoms with Crippen LogP contribution >= 0.6 is 23.4 Å². The molecule has 0 spiro atoms. The Kier molecular flexibility index (Phi) is 6.03. The summed E-state index contributed by atoms with van der Waals surface area (Å²) in [5.41, 5.74) is 2.48. The van der Waals surface area contributed by atoms with Gasteiger partial charge < -0.3 is 14.6 Å². The SMILES string of the molecule is COc1ccccc1-c1nnc(SCC(=O)Nc2ccc(C)cc2Cl)n1C. The highest BCUT2D eigenvalue weighted by molar-refractivity contribution is 7.99. The molecular formula is C19H19ClN4O2S. The van der Waals surface area contributed by atoms with Gasteiger partial charge in [-0.15, -0.1) is 10.2 Å². The number of hydrogen-bond donors (Lipinski definition) is 1. The van der Waals surface area contributed by atoms with Gasteiger partial charge in [-0.2, -0.15) is 0 Å². The largest absolute Gasteiger partial charge is 0.496 e. The third-order valence-corrected chi connectivity index (χ3v) is 5.25. The Morgan fingerprint density at radius 1 is 1.26 bits per heavy atom. The molecule has 0 aliphatic rings. The molecule has 6 nitrogen and oxygen atoms in total. The maximum Gasteiger partial charge on any atom is 0.234 e. The van der Waals surface area contributed by atoms with Crippen molar-refractivity contribution in [3.05, 3.63) is 53.1 Å². The van der Waals surface area contributed by atoms with Crippen LogP contribution in [0.25, 0.3) is 11.4 Å². The summed E-state index contributed by atoms with van der Waals surface area (Å²) in [5.74, 6) is 1.43. The smallest absolute Gasteiger partial charge is 0.234 e. The number of amides is 1. The zero-order valence-electron chi connectivity index (χ0n) is 15.2. The number of benzene rings is 2. The molecule has 27 heavy (non-hydrogen) atoms. The first kappa shape index (κ1) is 19.3. The van der Waals surface area contributed by atoms with Gasteiger partial charge in [0.1, 0.15) is 5.75 Å². The normalized spacial score (nSPS) is 10.7. The van der Waals surface area contributed by atoms with Gasteiger partial charge in [-0.3, -0.25) is 4.79 Å². The van der Waals surface area contributed by atoms with Crippen LogP contribution in [0.2, 0.25) is 5.02 Å². The van der Waals surface area contributed by atoms with E-state index < -0.39 is 0 Å². The number of hydrogen-bond acceptors (Lipinski definition) is 5. The lowest BCUT2D eigenvalue weighted by molar-refractivity contribution is -0.113. The number of anilines is 1. The van der Waals surface area contributed by atoms with Crippen molar-refractivity contribution in [2.45, 2.75) is 12.1 Å². The molecule has 8 heteroatoms. The molecule has 0 bridgehead atoms. The molecule has 0 aliphatic carbocycles. The molecule has 140 valence electrons. The van der Waals surface area contributed by atoms with Crippen molar-refractivity contribution >= 4 is 35.0 Å². The molecule has 0 fully saturated rings. The number of thioether (sulfide) groups is 1. The number of carbonyl (C=O) groups is 1. The van der Waals surface area contributed by atoms with Gasteiger partial charge in [0, 0.05) is 7.05 Å². The van der Waals surface area contributed by atoms with Crippen molar-refractivity contribution in [2.24, 2.45) is 7.05 Å². The van der Waals surface area contributed by atoms with Gasteiger partial charge in [-0.05, 0) is 36.8 Å². The number of halogens is 1. The summed E-state index contributed by atoms with van der Waals surface area (Å²) in [4.78, 5) is 12.2. The average molecular weight is 403 g/mol. The quantitative estimate of drug-likeness (QED) is 0.626. The van der Waals surface area contributed by atoms with Crippen LogP contribution in [0.1, 0.15) is 5.56 Å². The molecule has 3 rings (SSSR count). The Hall–Kier alpha value is -2.51. The molecule has 0 unspecified atom stereocenters. The number of aryl methyl sites for hydroxylation is 1. The van der Waals surface area contributed by atoms with E-state index in [4.69, 9.17) is 16.3 Å². The molecule has 0 saturated carbocycles. The second kappa shape index (κ2) is 8.45. The second-order valence-corrected chi connectivity index (χ2v) is 7.24. The third kappa shape index (κ3) is 4.43. The van der Waals surface area contributed by atoms with Crippen LogP contribution in [-0.4, -0.2) is 33.5 Å². The van der Waals surface area contributed by atoms with Crippen LogP contribution in [0, 0.1) is 6.92 Å². The van der Waals surface area contributed by atoms with Crippen LogP contribution < -0.4 is 10.1 Å². The van der Waals surface area contributed by atoms with Crippen LogP contribution in [0.4, 0.5) is 5.69 Å². The zero-order chi connectivity index (χ0) is 19.4. The minimum atomic E-state index is -0.160. The average Bonchev–Trinajstić information content (AvgIpc) is 3.02. The predicted molar refractivity (Wildman–Crippen MR) is 109 cm³/mol. The van der Waals surface area contributed by atoms with Gasteiger partial charge in [0.25, 0.3) is 0 Å². The Bertz CT molecular complexity index is 974. The van der Waals surface area contributed by atoms with E-state index in [1.54, 1.807) is 13.2 Å². The first-order valence-electron chi connectivity index (χ1n) is 8.21. The number of nitrogens with one attached hydrogen (secondary N) is 1. The Labute approximate surface area is 166 Å². The maximum atomic E-state index is 12.2. The molecule has 0 aliphatic heterocycles. The summed E-state index contributed by atoms with van der Waals surface area (Å²) in [6.07, 6.45) is 0. The van der Waals surface area contributed by atoms with E-state index in [-0.39, 0.29) is 11.7 Å². The molecule has 1 heterocycles. The summed E-state index contributed by atoms with van der Waals surface area (Å²) >= 11 is 7.46. The van der Waals surface area contributed by atoms with Crippen LogP contribution in [0.5, 0.6) is 5.75 Å². The van der Waals surface area contributed by atoms with Gasteiger partial charge in [0.05, 0.1) is 29.1 Å². The van der Waals surface area contributed by atoms with Gasteiger partial charge >= 0.3 is 0 Å². The number of aromatic nitrogens is 3. The standard InChI is InChI=1S/C19H19ClN4O2S/c1-12-8-9-15(14(20)10-12)21-17(25)11-27-19-23-22-18(24(19)2)13-6-4-5-7-16(13)26-3/h4-10H,11H2,1-3H3,(H,21,25). The molecule has 0 radical (unpaired) electrons. The van der Waals surface area contributed by atoms with E-state index in [1.165, 1.54) is 11.8 Å². The summed E-state index contributed by atoms with van der Waals surface area (Å²) in [6, 6.07) is 13.1. The molecule has 0 saturated heterocycles. The van der Waals surface area contributed by atoms with Crippen molar-refractivity contribution < 1.29 is 9.53 Å². The third-order valence-electron chi connectivity index (χ3n) is 3.91. The van der Waals surface area contributed by atoms with Crippen molar-refractivity contribution in [3.8, 4) is 17.1 Å². The predicted octanol–water partition coefficient (Wildman–Crippen LogP) is 4.18. The topological polar surface area (TPSA) is 69.0 Å². The summed E-state index contributed by atoms with van der Waals surface area (Å²) < 4.78 is 7.23. The van der Waals surface area contributed by atoms with E-state index >= 15 is 0 Å². The number of carbonyl (C=O) groups excluding carboxylic acids is 1. The fraction of sp³-hybridized carbons (Fsp3) is 0.211. The van der Waals surface area contributed by atoms with Crippen LogP contribution in [0.15, 0.2) is 47.6 Å². The molecule has 1 amide bonds. The lowest BCUT2D eigenvalue weighted by Crippen LogP contribution is -2.14. The van der Waals surface area contributed by atoms with Crippen molar-refractivity contribution in [2.75, 3.05) is 18.2 Å². The van der Waals surface area contributed by atoms with E-state index in [9.17, 15) is 4.79 Å². The van der Waals surface area contributed by atoms with E-state index in [0.29, 0.717) is 21.7 Å². The summed E-state index contributed by atoms with van der Waals surface area (Å²) in [5, 5.41) is 12.4. The highest BCUT2D eigenvalue weighted by Crippen LogP contribution is 2.30. The Morgan fingerprint density at radius 2 is 2.04 bits per heavy atom. The van der Waals surface area contributed by atoms with Gasteiger partial charge in [0.2, 0.25) is 5.91 Å². The zero-order valence-corrected chi connectivity index (χ0v) is 16.8. The Morgan fingerprint density at radius 3 is 2.78 bits per heavy atom. The van der Waals surface area contributed by atoms with Crippen LogP contribution in [-0.2, 0) is 11.8 Å². The highest BCUT2D eigenvalue weighted by Gasteiger charge is 2.16. The first-order valence-corrected chi connectivity index (χ1v) is 9.57. The number of para-hydroxylation sites is 1. The monoisotopic (exact) mass is 402 g/mol. The number of rotatable bonds is 6. The van der Waals surface area contributed by atoms with Crippen LogP contribution in [0.3, 0.4) is 0 Å². The van der Waals surface area contributed by atoms with E-state index in [0.717, 1.165) is 16.9 Å². The summed E-state index contributed by atoms with van der Waals surface area (Å²) in [6.45, 7) is 1.95. The maximum absolute atomic E-state index is 12.2. The number of methoxy groups -OCH3 is 1. The number of ether oxygens (including phenoxy) is 1. The fourth-order valence-electron chi connectivity index (χ4n) is 2.54.